The number of hydrogen-bond donors (Lipinski definition) is 2. The van der Waals surface area contributed by atoms with Crippen molar-refractivity contribution >= 4 is 29.1 Å². The Kier molecular flexibility index (Phi) is 6.17. The number of rotatable bonds is 5. The number of benzene rings is 1. The fraction of sp³-hybridized carbons (Fsp3) is 0.368. The van der Waals surface area contributed by atoms with Crippen LogP contribution in [-0.4, -0.2) is 31.1 Å². The van der Waals surface area contributed by atoms with Crippen molar-refractivity contribution in [3.8, 4) is 5.75 Å². The average molecular weight is 374 g/mol. The Morgan fingerprint density at radius 1 is 1.27 bits per heavy atom. The molecule has 0 aliphatic carbocycles. The first-order valence-electron chi connectivity index (χ1n) is 8.76. The first-order valence-corrected chi connectivity index (χ1v) is 9.14. The molecule has 1 aromatic heterocycles. The third kappa shape index (κ3) is 4.79. The number of methoxy groups -OCH3 is 1. The number of piperidine rings is 1. The van der Waals surface area contributed by atoms with Gasteiger partial charge in [-0.15, -0.1) is 0 Å². The second kappa shape index (κ2) is 8.76. The van der Waals surface area contributed by atoms with Gasteiger partial charge in [0, 0.05) is 25.0 Å². The number of ether oxygens (including phenoxy) is 1. The van der Waals surface area contributed by atoms with Crippen molar-refractivity contribution in [1.29, 1.82) is 0 Å². The summed E-state index contributed by atoms with van der Waals surface area (Å²) in [4.78, 5) is 11.3. The topological polar surface area (TPSA) is 75.8 Å². The van der Waals surface area contributed by atoms with Gasteiger partial charge in [-0.05, 0) is 49.1 Å². The number of nitrogens with two attached hydrogens (primary N) is 1. The highest BCUT2D eigenvalue weighted by atomic mass is 35.5. The zero-order chi connectivity index (χ0) is 18.4. The number of anilines is 2. The summed E-state index contributed by atoms with van der Waals surface area (Å²) in [7, 11) is 1.58. The Hall–Kier alpha value is -2.47. The lowest BCUT2D eigenvalue weighted by atomic mass is 10.1. The number of guanidine groups is 1. The van der Waals surface area contributed by atoms with Crippen LogP contribution in [-0.2, 0) is 6.54 Å². The van der Waals surface area contributed by atoms with E-state index < -0.39 is 0 Å². The summed E-state index contributed by atoms with van der Waals surface area (Å²) in [6.07, 6.45) is 5.66. The molecule has 0 unspecified atom stereocenters. The number of aromatic nitrogens is 1. The molecule has 6 nitrogen and oxygen atoms in total. The molecule has 7 heteroatoms. The minimum atomic E-state index is 0.325. The van der Waals surface area contributed by atoms with E-state index in [1.54, 1.807) is 19.2 Å². The number of hydrogen-bond acceptors (Lipinski definition) is 4. The summed E-state index contributed by atoms with van der Waals surface area (Å²) in [6.45, 7) is 2.65. The van der Waals surface area contributed by atoms with E-state index in [0.717, 1.165) is 30.2 Å². The van der Waals surface area contributed by atoms with E-state index in [-0.39, 0.29) is 0 Å². The highest BCUT2D eigenvalue weighted by molar-refractivity contribution is 6.32. The van der Waals surface area contributed by atoms with Crippen LogP contribution in [0.15, 0.2) is 41.5 Å². The van der Waals surface area contributed by atoms with Gasteiger partial charge in [0.05, 0.1) is 18.7 Å². The first-order chi connectivity index (χ1) is 12.7. The highest BCUT2D eigenvalue weighted by Crippen LogP contribution is 2.27. The maximum absolute atomic E-state index is 6.11. The Morgan fingerprint density at radius 3 is 2.73 bits per heavy atom. The van der Waals surface area contributed by atoms with Gasteiger partial charge in [0.15, 0.2) is 5.96 Å². The van der Waals surface area contributed by atoms with Gasteiger partial charge in [-0.25, -0.2) is 9.98 Å². The minimum Gasteiger partial charge on any atom is -0.495 e. The van der Waals surface area contributed by atoms with Crippen molar-refractivity contribution in [3.63, 3.8) is 0 Å². The molecule has 0 saturated carbocycles. The molecule has 0 atom stereocenters. The van der Waals surface area contributed by atoms with E-state index >= 15 is 0 Å². The van der Waals surface area contributed by atoms with Crippen molar-refractivity contribution in [2.45, 2.75) is 25.8 Å². The van der Waals surface area contributed by atoms with Crippen molar-refractivity contribution in [1.82, 2.24) is 4.98 Å². The quantitative estimate of drug-likeness (QED) is 0.617. The van der Waals surface area contributed by atoms with Crippen LogP contribution in [0.2, 0.25) is 5.02 Å². The number of pyridine rings is 1. The molecular weight excluding hydrogens is 350 g/mol. The molecule has 1 aliphatic heterocycles. The molecule has 2 heterocycles. The van der Waals surface area contributed by atoms with Crippen LogP contribution in [0.1, 0.15) is 24.8 Å². The number of nitrogens with zero attached hydrogens (tertiary/aromatic N) is 3. The normalized spacial score (nSPS) is 15.0. The molecule has 2 aromatic rings. The van der Waals surface area contributed by atoms with Gasteiger partial charge in [0.1, 0.15) is 11.6 Å². The van der Waals surface area contributed by atoms with Crippen LogP contribution in [0.5, 0.6) is 5.75 Å². The third-order valence-electron chi connectivity index (χ3n) is 4.35. The van der Waals surface area contributed by atoms with Gasteiger partial charge in [-0.1, -0.05) is 17.7 Å². The second-order valence-corrected chi connectivity index (χ2v) is 6.66. The average Bonchev–Trinajstić information content (AvgIpc) is 2.68. The van der Waals surface area contributed by atoms with E-state index in [0.29, 0.717) is 23.3 Å². The molecule has 1 aliphatic rings. The Morgan fingerprint density at radius 2 is 2.08 bits per heavy atom. The molecular formula is C19H24ClN5O. The Balaban J connectivity index is 1.57. The molecule has 1 aromatic carbocycles. The maximum Gasteiger partial charge on any atom is 0.193 e. The minimum absolute atomic E-state index is 0.325. The molecule has 3 N–H and O–H groups in total. The molecule has 0 radical (unpaired) electrons. The van der Waals surface area contributed by atoms with Gasteiger partial charge < -0.3 is 20.7 Å². The summed E-state index contributed by atoms with van der Waals surface area (Å²) < 4.78 is 5.13. The smallest absolute Gasteiger partial charge is 0.193 e. The van der Waals surface area contributed by atoms with Gasteiger partial charge in [-0.3, -0.25) is 0 Å². The molecule has 1 saturated heterocycles. The van der Waals surface area contributed by atoms with E-state index in [4.69, 9.17) is 22.1 Å². The number of nitrogens with one attached hydrogen (secondary N) is 1. The van der Waals surface area contributed by atoms with Gasteiger partial charge >= 0.3 is 0 Å². The maximum atomic E-state index is 6.11. The monoisotopic (exact) mass is 373 g/mol. The third-order valence-corrected chi connectivity index (χ3v) is 4.64. The predicted molar refractivity (Wildman–Crippen MR) is 107 cm³/mol. The largest absolute Gasteiger partial charge is 0.495 e. The number of aliphatic imine (C=N–C) groups is 1. The summed E-state index contributed by atoms with van der Waals surface area (Å²) in [5, 5.41) is 3.54. The molecule has 0 spiro atoms. The lowest BCUT2D eigenvalue weighted by Gasteiger charge is -2.27. The fourth-order valence-corrected chi connectivity index (χ4v) is 3.19. The summed E-state index contributed by atoms with van der Waals surface area (Å²) in [5.74, 6) is 1.98. The molecule has 1 fully saturated rings. The molecule has 0 bridgehead atoms. The van der Waals surface area contributed by atoms with E-state index in [2.05, 4.69) is 32.3 Å². The lowest BCUT2D eigenvalue weighted by Crippen LogP contribution is -2.30. The fourth-order valence-electron chi connectivity index (χ4n) is 2.93. The van der Waals surface area contributed by atoms with Crippen LogP contribution in [0.4, 0.5) is 11.5 Å². The predicted octanol–water partition coefficient (Wildman–Crippen LogP) is 3.66. The molecule has 138 valence electrons. The van der Waals surface area contributed by atoms with Crippen LogP contribution < -0.4 is 20.7 Å². The van der Waals surface area contributed by atoms with E-state index in [9.17, 15) is 0 Å². The van der Waals surface area contributed by atoms with Gasteiger partial charge in [0.2, 0.25) is 0 Å². The van der Waals surface area contributed by atoms with Gasteiger partial charge in [0.25, 0.3) is 0 Å². The van der Waals surface area contributed by atoms with Crippen molar-refractivity contribution in [2.24, 2.45) is 10.7 Å². The lowest BCUT2D eigenvalue weighted by molar-refractivity contribution is 0.415. The van der Waals surface area contributed by atoms with Crippen LogP contribution in [0.25, 0.3) is 0 Å². The second-order valence-electron chi connectivity index (χ2n) is 6.25. The molecule has 0 amide bonds. The summed E-state index contributed by atoms with van der Waals surface area (Å²) >= 11 is 6.11. The zero-order valence-electron chi connectivity index (χ0n) is 14.9. The Bertz CT molecular complexity index is 757. The number of halogens is 1. The zero-order valence-corrected chi connectivity index (χ0v) is 15.7. The van der Waals surface area contributed by atoms with Crippen molar-refractivity contribution < 1.29 is 4.74 Å². The molecule has 3 rings (SSSR count). The van der Waals surface area contributed by atoms with E-state index in [1.165, 1.54) is 19.3 Å². The highest BCUT2D eigenvalue weighted by Gasteiger charge is 2.11. The van der Waals surface area contributed by atoms with Crippen LogP contribution in [0.3, 0.4) is 0 Å². The van der Waals surface area contributed by atoms with Crippen molar-refractivity contribution in [2.75, 3.05) is 30.4 Å². The van der Waals surface area contributed by atoms with E-state index in [1.807, 2.05) is 12.3 Å². The first kappa shape index (κ1) is 18.3. The Labute approximate surface area is 159 Å². The van der Waals surface area contributed by atoms with Crippen LogP contribution in [0, 0.1) is 0 Å². The van der Waals surface area contributed by atoms with Crippen LogP contribution >= 0.6 is 11.6 Å². The van der Waals surface area contributed by atoms with Gasteiger partial charge in [-0.2, -0.15) is 0 Å². The standard InChI is InChI=1S/C19H24ClN5O/c1-26-17-7-6-15(11-16(17)20)24-19(21)23-13-14-5-8-18(22-12-14)25-9-3-2-4-10-25/h5-8,11-12H,2-4,9-10,13H2,1H3,(H3,21,23,24). The van der Waals surface area contributed by atoms with Crippen molar-refractivity contribution in [3.05, 3.63) is 47.1 Å². The SMILES string of the molecule is COc1ccc(NC(N)=NCc2ccc(N3CCCCC3)nc2)cc1Cl. The summed E-state index contributed by atoms with van der Waals surface area (Å²) in [6, 6.07) is 9.47. The summed E-state index contributed by atoms with van der Waals surface area (Å²) in [5.41, 5.74) is 7.73. The molecule has 26 heavy (non-hydrogen) atoms.